The molecule has 0 rings (SSSR count). The second-order valence-corrected chi connectivity index (χ2v) is 4.99. The van der Waals surface area contributed by atoms with Crippen LogP contribution in [0.3, 0.4) is 0 Å². The maximum atomic E-state index is 11.3. The summed E-state index contributed by atoms with van der Waals surface area (Å²) in [5, 5.41) is 0. The Hall–Kier alpha value is -0.700. The molecule has 1 amide bonds. The first-order valence-corrected chi connectivity index (χ1v) is 6.19. The molecule has 0 saturated heterocycles. The molecule has 93 valence electrons. The van der Waals surface area contributed by atoms with Crippen LogP contribution in [0.4, 0.5) is 0 Å². The number of carbonyl (C=O) groups is 1. The Kier molecular flexibility index (Phi) is 6.49. The minimum Gasteiger partial charge on any atom is -0.283 e. The molecule has 0 aliphatic rings. The highest BCUT2D eigenvalue weighted by Gasteiger charge is 2.45. The Bertz CT molecular complexity index is 216. The van der Waals surface area contributed by atoms with Gasteiger partial charge in [0.2, 0.25) is 0 Å². The lowest BCUT2D eigenvalue weighted by atomic mass is 9.85. The predicted molar refractivity (Wildman–Crippen MR) is 65.6 cm³/mol. The quantitative estimate of drug-likeness (QED) is 0.448. The van der Waals surface area contributed by atoms with Crippen molar-refractivity contribution in [2.24, 2.45) is 0 Å². The van der Waals surface area contributed by atoms with E-state index in [0.29, 0.717) is 0 Å². The van der Waals surface area contributed by atoms with Crippen molar-refractivity contribution in [3.05, 3.63) is 0 Å². The number of hydrogen-bond donors (Lipinski definition) is 0. The normalized spacial score (nSPS) is 12.5. The van der Waals surface area contributed by atoms with Gasteiger partial charge in [0.15, 0.2) is 5.54 Å². The van der Waals surface area contributed by atoms with E-state index in [9.17, 15) is 9.59 Å². The van der Waals surface area contributed by atoms with Crippen LogP contribution in [-0.2, 0) is 9.59 Å². The zero-order valence-electron chi connectivity index (χ0n) is 11.1. The van der Waals surface area contributed by atoms with Gasteiger partial charge >= 0.3 is 6.41 Å². The summed E-state index contributed by atoms with van der Waals surface area (Å²) in [5.41, 5.74) is -0.645. The number of carbonyl (C=O) groups excluding carboxylic acids is 2. The smallest absolute Gasteiger partial charge is 0.283 e. The lowest BCUT2D eigenvalue weighted by molar-refractivity contribution is -0.849. The van der Waals surface area contributed by atoms with Gasteiger partial charge in [-0.3, -0.25) is 9.28 Å². The van der Waals surface area contributed by atoms with Gasteiger partial charge in [0.25, 0.3) is 6.29 Å². The molecule has 3 heteroatoms. The van der Waals surface area contributed by atoms with Crippen LogP contribution in [0, 0.1) is 0 Å². The van der Waals surface area contributed by atoms with Gasteiger partial charge in [-0.05, 0) is 12.8 Å². The van der Waals surface area contributed by atoms with Crippen LogP contribution in [0.5, 0.6) is 0 Å². The van der Waals surface area contributed by atoms with Crippen LogP contribution >= 0.6 is 0 Å². The molecule has 0 aromatic carbocycles. The Morgan fingerprint density at radius 1 is 1.12 bits per heavy atom. The Morgan fingerprint density at radius 2 is 1.56 bits per heavy atom. The number of unbranched alkanes of at least 4 members (excludes halogenated alkanes) is 2. The van der Waals surface area contributed by atoms with E-state index in [1.165, 1.54) is 0 Å². The molecule has 16 heavy (non-hydrogen) atoms. The van der Waals surface area contributed by atoms with Gasteiger partial charge in [0.1, 0.15) is 0 Å². The van der Waals surface area contributed by atoms with E-state index in [1.54, 1.807) is 14.1 Å². The summed E-state index contributed by atoms with van der Waals surface area (Å²) in [6.45, 7) is 4.19. The Morgan fingerprint density at radius 3 is 1.81 bits per heavy atom. The molecular formula is C13H25NO2+. The van der Waals surface area contributed by atoms with Crippen LogP contribution < -0.4 is 0 Å². The van der Waals surface area contributed by atoms with E-state index < -0.39 is 5.54 Å². The van der Waals surface area contributed by atoms with Crippen LogP contribution in [0.15, 0.2) is 0 Å². The second-order valence-electron chi connectivity index (χ2n) is 4.99. The van der Waals surface area contributed by atoms with Crippen molar-refractivity contribution in [2.75, 3.05) is 14.1 Å². The van der Waals surface area contributed by atoms with E-state index in [1.807, 2.05) is 0 Å². The highest BCUT2D eigenvalue weighted by atomic mass is 16.2. The Labute approximate surface area is 99.4 Å². The van der Waals surface area contributed by atoms with Crippen LogP contribution in [0.25, 0.3) is 0 Å². The molecule has 0 fully saturated rings. The lowest BCUT2D eigenvalue weighted by Crippen LogP contribution is -2.60. The molecule has 3 nitrogen and oxygen atoms in total. The topological polar surface area (TPSA) is 34.1 Å². The third-order valence-electron chi connectivity index (χ3n) is 3.44. The summed E-state index contributed by atoms with van der Waals surface area (Å²) >= 11 is 0. The molecule has 0 aliphatic carbocycles. The van der Waals surface area contributed by atoms with Crippen molar-refractivity contribution in [3.63, 3.8) is 0 Å². The fraction of sp³-hybridized carbons (Fsp3) is 0.846. The molecule has 0 heterocycles. The molecule has 0 unspecified atom stereocenters. The van der Waals surface area contributed by atoms with E-state index >= 15 is 0 Å². The van der Waals surface area contributed by atoms with Gasteiger partial charge < -0.3 is 0 Å². The number of rotatable bonds is 9. The fourth-order valence-electron chi connectivity index (χ4n) is 1.96. The summed E-state index contributed by atoms with van der Waals surface area (Å²) in [7, 11) is 3.59. The molecule has 0 atom stereocenters. The number of amides is 1. The zero-order chi connectivity index (χ0) is 12.7. The van der Waals surface area contributed by atoms with Gasteiger partial charge in [-0.1, -0.05) is 26.7 Å². The molecule has 0 aromatic heterocycles. The van der Waals surface area contributed by atoms with Crippen molar-refractivity contribution < 1.29 is 14.1 Å². The van der Waals surface area contributed by atoms with E-state index in [0.717, 1.165) is 44.9 Å². The molecule has 0 saturated carbocycles. The van der Waals surface area contributed by atoms with Gasteiger partial charge in [-0.15, -0.1) is 0 Å². The summed E-state index contributed by atoms with van der Waals surface area (Å²) in [6, 6.07) is 0. The van der Waals surface area contributed by atoms with E-state index in [2.05, 4.69) is 20.1 Å². The third-order valence-corrected chi connectivity index (χ3v) is 3.44. The first-order chi connectivity index (χ1) is 7.49. The van der Waals surface area contributed by atoms with Gasteiger partial charge in [0.05, 0.1) is 14.1 Å². The summed E-state index contributed by atoms with van der Waals surface area (Å²) in [6.07, 6.45) is 8.53. The average Bonchev–Trinajstić information content (AvgIpc) is 2.29. The first-order valence-electron chi connectivity index (χ1n) is 6.19. The van der Waals surface area contributed by atoms with E-state index in [-0.39, 0.29) is 4.48 Å². The third kappa shape index (κ3) is 3.41. The maximum Gasteiger partial charge on any atom is 0.301 e. The Balaban J connectivity index is 4.93. The highest BCUT2D eigenvalue weighted by Crippen LogP contribution is 2.29. The molecule has 0 spiro atoms. The lowest BCUT2D eigenvalue weighted by Gasteiger charge is -2.39. The van der Waals surface area contributed by atoms with Crippen molar-refractivity contribution in [1.29, 1.82) is 0 Å². The highest BCUT2D eigenvalue weighted by molar-refractivity contribution is 5.65. The molecule has 1 radical (unpaired) electrons. The summed E-state index contributed by atoms with van der Waals surface area (Å²) < 4.78 is 0.0938. The number of nitrogens with zero attached hydrogens (tertiary/aromatic N) is 1. The van der Waals surface area contributed by atoms with Gasteiger partial charge in [0, 0.05) is 12.8 Å². The molecule has 0 N–H and O–H groups in total. The molecule has 0 aromatic rings. The van der Waals surface area contributed by atoms with Gasteiger partial charge in [-0.25, -0.2) is 4.79 Å². The van der Waals surface area contributed by atoms with Crippen molar-refractivity contribution in [3.8, 4) is 0 Å². The minimum atomic E-state index is -0.645. The zero-order valence-corrected chi connectivity index (χ0v) is 11.1. The van der Waals surface area contributed by atoms with Crippen molar-refractivity contribution in [1.82, 2.24) is 0 Å². The first kappa shape index (κ1) is 15.3. The molecular weight excluding hydrogens is 202 g/mol. The fourth-order valence-corrected chi connectivity index (χ4v) is 1.96. The van der Waals surface area contributed by atoms with Gasteiger partial charge in [-0.2, -0.15) is 0 Å². The van der Waals surface area contributed by atoms with Crippen LogP contribution in [0.1, 0.15) is 52.4 Å². The SMILES string of the molecule is CCCCC([C]=O)(CCCC)[N+](C)(C)C=O. The summed E-state index contributed by atoms with van der Waals surface area (Å²) in [4.78, 5) is 22.5. The minimum absolute atomic E-state index is 0.0938. The van der Waals surface area contributed by atoms with E-state index in [4.69, 9.17) is 0 Å². The second kappa shape index (κ2) is 6.79. The average molecular weight is 227 g/mol. The molecule has 0 aliphatic heterocycles. The largest absolute Gasteiger partial charge is 0.301 e. The number of hydrogen-bond acceptors (Lipinski definition) is 2. The number of quaternary nitrogens is 1. The summed E-state index contributed by atoms with van der Waals surface area (Å²) in [5.74, 6) is 0. The standard InChI is InChI=1S/C13H25NO2/c1-5-7-9-13(11-15,10-8-6-2)14(3,4)12-16/h12H,5-10H2,1-4H3/q+1. The van der Waals surface area contributed by atoms with Crippen molar-refractivity contribution >= 4 is 12.7 Å². The monoisotopic (exact) mass is 227 g/mol. The van der Waals surface area contributed by atoms with Crippen LogP contribution in [0.2, 0.25) is 0 Å². The maximum absolute atomic E-state index is 11.3. The van der Waals surface area contributed by atoms with Crippen molar-refractivity contribution in [2.45, 2.75) is 57.9 Å². The molecule has 0 bridgehead atoms. The predicted octanol–water partition coefficient (Wildman–Crippen LogP) is 2.45. The number of likely N-dealkylation sites (N-methyl/N-ethyl adjacent to an activating group) is 1. The van der Waals surface area contributed by atoms with Crippen LogP contribution in [-0.4, -0.2) is 36.8 Å².